The zero-order chi connectivity index (χ0) is 27.2. The molecule has 3 N–H and O–H groups in total. The van der Waals surface area contributed by atoms with Gasteiger partial charge >= 0.3 is 6.18 Å². The van der Waals surface area contributed by atoms with Crippen molar-refractivity contribution in [1.29, 1.82) is 0 Å². The Morgan fingerprint density at radius 3 is 2.41 bits per heavy atom. The molecule has 0 aliphatic carbocycles. The van der Waals surface area contributed by atoms with Crippen LogP contribution < -0.4 is 10.6 Å². The van der Waals surface area contributed by atoms with Gasteiger partial charge in [0.15, 0.2) is 6.10 Å². The van der Waals surface area contributed by atoms with Gasteiger partial charge in [-0.1, -0.05) is 36.4 Å². The Morgan fingerprint density at radius 1 is 1.11 bits per heavy atom. The molecule has 1 aliphatic rings. The fraction of sp³-hybridized carbons (Fsp3) is 0.417. The van der Waals surface area contributed by atoms with Crippen LogP contribution in [0.5, 0.6) is 0 Å². The van der Waals surface area contributed by atoms with Gasteiger partial charge in [0, 0.05) is 25.4 Å². The van der Waals surface area contributed by atoms with Crippen molar-refractivity contribution in [3.63, 3.8) is 0 Å². The zero-order valence-corrected chi connectivity index (χ0v) is 19.4. The van der Waals surface area contributed by atoms with Crippen molar-refractivity contribution in [2.45, 2.75) is 56.1 Å². The lowest BCUT2D eigenvalue weighted by Gasteiger charge is -2.30. The summed E-state index contributed by atoms with van der Waals surface area (Å²) >= 11 is 0. The molecule has 2 heterocycles. The van der Waals surface area contributed by atoms with Crippen molar-refractivity contribution in [1.82, 2.24) is 20.5 Å². The third-order valence-corrected chi connectivity index (χ3v) is 5.69. The maximum atomic E-state index is 14.3. The van der Waals surface area contributed by atoms with Crippen LogP contribution in [0.15, 0.2) is 54.9 Å². The van der Waals surface area contributed by atoms with Gasteiger partial charge in [0.1, 0.15) is 12.5 Å². The van der Waals surface area contributed by atoms with E-state index in [1.807, 2.05) is 5.32 Å². The van der Waals surface area contributed by atoms with Crippen LogP contribution in [0, 0.1) is 0 Å². The summed E-state index contributed by atoms with van der Waals surface area (Å²) in [6.07, 6.45) is -7.21. The summed E-state index contributed by atoms with van der Waals surface area (Å²) in [5.74, 6) is -7.16. The normalized spacial score (nSPS) is 18.6. The molecular weight excluding hydrogens is 503 g/mol. The number of nitrogens with one attached hydrogen (secondary N) is 2. The van der Waals surface area contributed by atoms with E-state index >= 15 is 0 Å². The van der Waals surface area contributed by atoms with Gasteiger partial charge in [0.2, 0.25) is 11.8 Å². The maximum Gasteiger partial charge on any atom is 0.397 e. The van der Waals surface area contributed by atoms with E-state index in [4.69, 9.17) is 0 Å². The number of likely N-dealkylation sites (tertiary alicyclic amines) is 1. The average molecular weight is 528 g/mol. The minimum Gasteiger partial charge on any atom is -0.381 e. The van der Waals surface area contributed by atoms with E-state index in [1.165, 1.54) is 12.4 Å². The molecular formula is C24H25F5N4O4. The maximum absolute atomic E-state index is 14.3. The number of aliphatic hydroxyl groups is 1. The second-order valence-corrected chi connectivity index (χ2v) is 8.72. The number of alkyl halides is 5. The smallest absolute Gasteiger partial charge is 0.381 e. The lowest BCUT2D eigenvalue weighted by Crippen LogP contribution is -2.56. The summed E-state index contributed by atoms with van der Waals surface area (Å²) in [4.78, 5) is 42.1. The first kappa shape index (κ1) is 28.0. The van der Waals surface area contributed by atoms with Gasteiger partial charge in [0.05, 0.1) is 12.6 Å². The van der Waals surface area contributed by atoms with E-state index in [1.54, 1.807) is 42.5 Å². The number of rotatable bonds is 9. The molecule has 3 atom stereocenters. The van der Waals surface area contributed by atoms with Crippen molar-refractivity contribution in [3.8, 4) is 0 Å². The minimum absolute atomic E-state index is 0.0521. The van der Waals surface area contributed by atoms with Gasteiger partial charge in [0.25, 0.3) is 11.8 Å². The van der Waals surface area contributed by atoms with Crippen LogP contribution in [0.25, 0.3) is 0 Å². The van der Waals surface area contributed by atoms with E-state index in [2.05, 4.69) is 10.3 Å². The van der Waals surface area contributed by atoms with E-state index in [-0.39, 0.29) is 13.0 Å². The molecule has 37 heavy (non-hydrogen) atoms. The number of pyridine rings is 1. The van der Waals surface area contributed by atoms with E-state index in [9.17, 15) is 41.4 Å². The molecule has 3 rings (SSSR count). The predicted octanol–water partition coefficient (Wildman–Crippen LogP) is 1.97. The second-order valence-electron chi connectivity index (χ2n) is 8.72. The van der Waals surface area contributed by atoms with Crippen molar-refractivity contribution in [2.24, 2.45) is 0 Å². The standard InChI is InChI=1S/C24H25F5N4O4/c25-23(26)10-18(21(36)31-13-16-7-4-8-30-12-16)33(14-23)22(37)20(35)17(9-15-5-2-1-3-6-15)32-19(34)11-24(27,28)29/h1-8,12,17-18,20,35H,9-11,13-14H2,(H,31,36)(H,32,34)/t17-,18-,20-/m0/s1. The summed E-state index contributed by atoms with van der Waals surface area (Å²) in [6, 6.07) is 8.00. The number of benzene rings is 1. The molecule has 1 aromatic heterocycles. The van der Waals surface area contributed by atoms with Crippen LogP contribution in [0.1, 0.15) is 24.0 Å². The van der Waals surface area contributed by atoms with Crippen LogP contribution in [-0.2, 0) is 27.3 Å². The largest absolute Gasteiger partial charge is 0.397 e. The van der Waals surface area contributed by atoms with Crippen LogP contribution >= 0.6 is 0 Å². The van der Waals surface area contributed by atoms with Gasteiger partial charge in [-0.2, -0.15) is 13.2 Å². The number of amides is 3. The summed E-state index contributed by atoms with van der Waals surface area (Å²) in [5.41, 5.74) is 1.04. The molecule has 0 saturated carbocycles. The van der Waals surface area contributed by atoms with Crippen LogP contribution in [-0.4, -0.2) is 69.5 Å². The lowest BCUT2D eigenvalue weighted by atomic mass is 9.99. The van der Waals surface area contributed by atoms with Gasteiger partial charge in [-0.15, -0.1) is 0 Å². The molecule has 2 aromatic rings. The summed E-state index contributed by atoms with van der Waals surface area (Å²) < 4.78 is 66.6. The zero-order valence-electron chi connectivity index (χ0n) is 19.4. The second kappa shape index (κ2) is 11.6. The highest BCUT2D eigenvalue weighted by atomic mass is 19.4. The molecule has 200 valence electrons. The quantitative estimate of drug-likeness (QED) is 0.431. The molecule has 0 unspecified atom stereocenters. The van der Waals surface area contributed by atoms with Crippen molar-refractivity contribution < 1.29 is 41.4 Å². The third-order valence-electron chi connectivity index (χ3n) is 5.69. The van der Waals surface area contributed by atoms with E-state index < -0.39 is 67.4 Å². The topological polar surface area (TPSA) is 112 Å². The molecule has 13 heteroatoms. The molecule has 8 nitrogen and oxygen atoms in total. The Hall–Kier alpha value is -3.61. The lowest BCUT2D eigenvalue weighted by molar-refractivity contribution is -0.156. The summed E-state index contributed by atoms with van der Waals surface area (Å²) in [5, 5.41) is 15.2. The van der Waals surface area contributed by atoms with Gasteiger partial charge in [-0.05, 0) is 23.6 Å². The van der Waals surface area contributed by atoms with E-state index in [0.717, 1.165) is 0 Å². The van der Waals surface area contributed by atoms with Crippen LogP contribution in [0.2, 0.25) is 0 Å². The fourth-order valence-electron chi connectivity index (χ4n) is 3.98. The number of aliphatic hydroxyl groups excluding tert-OH is 1. The Balaban J connectivity index is 1.77. The van der Waals surface area contributed by atoms with Crippen molar-refractivity contribution in [2.75, 3.05) is 6.54 Å². The summed E-state index contributed by atoms with van der Waals surface area (Å²) in [6.45, 7) is -1.23. The highest BCUT2D eigenvalue weighted by molar-refractivity contribution is 5.91. The molecule has 0 radical (unpaired) electrons. The fourth-order valence-corrected chi connectivity index (χ4v) is 3.98. The van der Waals surface area contributed by atoms with Gasteiger partial charge < -0.3 is 20.6 Å². The number of carbonyl (C=O) groups excluding carboxylic acids is 3. The van der Waals surface area contributed by atoms with Gasteiger partial charge in [-0.3, -0.25) is 19.4 Å². The number of nitrogens with zero attached hydrogens (tertiary/aromatic N) is 2. The Bertz CT molecular complexity index is 1090. The Kier molecular flexibility index (Phi) is 8.79. The first-order chi connectivity index (χ1) is 17.3. The van der Waals surface area contributed by atoms with Crippen LogP contribution in [0.3, 0.4) is 0 Å². The molecule has 1 fully saturated rings. The molecule has 3 amide bonds. The molecule has 1 saturated heterocycles. The SMILES string of the molecule is O=C(CC(F)(F)F)N[C@@H](Cc1ccccc1)[C@H](O)C(=O)N1CC(F)(F)C[C@H]1C(=O)NCc1cccnc1. The predicted molar refractivity (Wildman–Crippen MR) is 120 cm³/mol. The molecule has 1 aromatic carbocycles. The Labute approximate surface area is 208 Å². The Morgan fingerprint density at radius 2 is 1.78 bits per heavy atom. The first-order valence-corrected chi connectivity index (χ1v) is 11.3. The van der Waals surface area contributed by atoms with E-state index in [0.29, 0.717) is 16.0 Å². The number of aromatic nitrogens is 1. The molecule has 0 spiro atoms. The number of carbonyl (C=O) groups is 3. The molecule has 0 bridgehead atoms. The van der Waals surface area contributed by atoms with Crippen molar-refractivity contribution in [3.05, 3.63) is 66.0 Å². The molecule has 1 aliphatic heterocycles. The minimum atomic E-state index is -4.84. The first-order valence-electron chi connectivity index (χ1n) is 11.3. The average Bonchev–Trinajstić information content (AvgIpc) is 3.16. The highest BCUT2D eigenvalue weighted by Gasteiger charge is 2.51. The number of halogens is 5. The van der Waals surface area contributed by atoms with Gasteiger partial charge in [-0.25, -0.2) is 8.78 Å². The third kappa shape index (κ3) is 8.20. The monoisotopic (exact) mass is 528 g/mol. The number of hydrogen-bond donors (Lipinski definition) is 3. The number of hydrogen-bond acceptors (Lipinski definition) is 5. The highest BCUT2D eigenvalue weighted by Crippen LogP contribution is 2.33. The summed E-state index contributed by atoms with van der Waals surface area (Å²) in [7, 11) is 0. The van der Waals surface area contributed by atoms with Crippen molar-refractivity contribution >= 4 is 17.7 Å². The van der Waals surface area contributed by atoms with Crippen LogP contribution in [0.4, 0.5) is 22.0 Å².